The van der Waals surface area contributed by atoms with Crippen LogP contribution in [0.15, 0.2) is 76.4 Å². The van der Waals surface area contributed by atoms with Crippen molar-refractivity contribution in [2.75, 3.05) is 7.11 Å². The molecule has 0 saturated heterocycles. The van der Waals surface area contributed by atoms with Crippen LogP contribution in [-0.2, 0) is 6.61 Å². The molecule has 1 N–H and O–H groups in total. The van der Waals surface area contributed by atoms with E-state index < -0.39 is 0 Å². The lowest BCUT2D eigenvalue weighted by molar-refractivity contribution is 0.284. The number of rotatable bonds is 7. The Kier molecular flexibility index (Phi) is 5.53. The van der Waals surface area contributed by atoms with Crippen LogP contribution in [0.2, 0.25) is 0 Å². The molecule has 0 radical (unpaired) electrons. The van der Waals surface area contributed by atoms with Crippen LogP contribution in [0, 0.1) is 4.77 Å². The minimum Gasteiger partial charge on any atom is -0.493 e. The number of hydrogen-bond acceptors (Lipinski definition) is 6. The summed E-state index contributed by atoms with van der Waals surface area (Å²) in [5.74, 6) is 2.33. The SMILES string of the molecule is COc1ccc(C=Nn2c(-c3ccco3)n[nH]c2=S)cc1OCc1ccccc1. The Morgan fingerprint density at radius 1 is 1.14 bits per heavy atom. The number of H-pyrrole nitrogens is 1. The number of aromatic nitrogens is 3. The zero-order chi connectivity index (χ0) is 20.1. The molecule has 8 heteroatoms. The first-order valence-corrected chi connectivity index (χ1v) is 9.26. The highest BCUT2D eigenvalue weighted by Gasteiger charge is 2.11. The smallest absolute Gasteiger partial charge is 0.219 e. The lowest BCUT2D eigenvalue weighted by Crippen LogP contribution is -1.99. The van der Waals surface area contributed by atoms with Gasteiger partial charge in [-0.3, -0.25) is 0 Å². The van der Waals surface area contributed by atoms with Gasteiger partial charge in [0.1, 0.15) is 6.61 Å². The fourth-order valence-electron chi connectivity index (χ4n) is 2.71. The summed E-state index contributed by atoms with van der Waals surface area (Å²) in [6, 6.07) is 19.1. The summed E-state index contributed by atoms with van der Waals surface area (Å²) in [4.78, 5) is 0. The summed E-state index contributed by atoms with van der Waals surface area (Å²) in [5, 5.41) is 11.3. The van der Waals surface area contributed by atoms with Crippen molar-refractivity contribution in [2.24, 2.45) is 5.10 Å². The van der Waals surface area contributed by atoms with Crippen LogP contribution < -0.4 is 9.47 Å². The van der Waals surface area contributed by atoms with E-state index >= 15 is 0 Å². The minimum atomic E-state index is 0.363. The molecule has 4 rings (SSSR count). The Hall–Kier alpha value is -3.65. The Balaban J connectivity index is 1.58. The van der Waals surface area contributed by atoms with Crippen LogP contribution in [0.5, 0.6) is 11.5 Å². The normalized spacial score (nSPS) is 11.1. The van der Waals surface area contributed by atoms with Crippen LogP contribution >= 0.6 is 12.2 Å². The molecule has 7 nitrogen and oxygen atoms in total. The van der Waals surface area contributed by atoms with Gasteiger partial charge in [-0.05, 0) is 53.7 Å². The predicted octanol–water partition coefficient (Wildman–Crippen LogP) is 4.67. The van der Waals surface area contributed by atoms with Crippen LogP contribution in [-0.4, -0.2) is 28.2 Å². The van der Waals surface area contributed by atoms with Gasteiger partial charge in [-0.15, -0.1) is 5.10 Å². The van der Waals surface area contributed by atoms with E-state index in [0.717, 1.165) is 11.1 Å². The minimum absolute atomic E-state index is 0.363. The molecule has 146 valence electrons. The standard InChI is InChI=1S/C21H18N4O3S/c1-26-17-10-9-16(12-19(17)28-14-15-6-3-2-4-7-15)13-22-25-20(23-24-21(25)29)18-8-5-11-27-18/h2-13H,14H2,1H3,(H,24,29). The fourth-order valence-corrected chi connectivity index (χ4v) is 2.89. The van der Waals surface area contributed by atoms with E-state index in [9.17, 15) is 0 Å². The third kappa shape index (κ3) is 4.27. The van der Waals surface area contributed by atoms with Crippen LogP contribution in [0.3, 0.4) is 0 Å². The molecule has 0 atom stereocenters. The molecule has 0 aliphatic rings. The van der Waals surface area contributed by atoms with Gasteiger partial charge in [-0.2, -0.15) is 9.78 Å². The van der Waals surface area contributed by atoms with Crippen molar-refractivity contribution < 1.29 is 13.9 Å². The van der Waals surface area contributed by atoms with Gasteiger partial charge >= 0.3 is 0 Å². The second-order valence-corrected chi connectivity index (χ2v) is 6.46. The number of benzene rings is 2. The zero-order valence-electron chi connectivity index (χ0n) is 15.6. The maximum atomic E-state index is 5.95. The van der Waals surface area contributed by atoms with E-state index in [1.807, 2.05) is 48.5 Å². The van der Waals surface area contributed by atoms with Crippen LogP contribution in [0.1, 0.15) is 11.1 Å². The second-order valence-electron chi connectivity index (χ2n) is 6.07. The highest BCUT2D eigenvalue weighted by molar-refractivity contribution is 7.71. The third-order valence-electron chi connectivity index (χ3n) is 4.14. The number of nitrogens with zero attached hydrogens (tertiary/aromatic N) is 3. The number of methoxy groups -OCH3 is 1. The van der Waals surface area contributed by atoms with E-state index in [4.69, 9.17) is 26.1 Å². The summed E-state index contributed by atoms with van der Waals surface area (Å²) in [6.07, 6.45) is 3.24. The van der Waals surface area contributed by atoms with Gasteiger partial charge < -0.3 is 13.9 Å². The first-order valence-electron chi connectivity index (χ1n) is 8.85. The molecule has 2 aromatic heterocycles. The van der Waals surface area contributed by atoms with Gasteiger partial charge in [0.05, 0.1) is 19.6 Å². The number of hydrogen-bond donors (Lipinski definition) is 1. The number of ether oxygens (including phenoxy) is 2. The third-order valence-corrected chi connectivity index (χ3v) is 4.40. The average Bonchev–Trinajstić information content (AvgIpc) is 3.41. The molecule has 0 saturated carbocycles. The highest BCUT2D eigenvalue weighted by Crippen LogP contribution is 2.28. The maximum absolute atomic E-state index is 5.95. The van der Waals surface area contributed by atoms with Crippen molar-refractivity contribution in [3.63, 3.8) is 0 Å². The molecule has 0 amide bonds. The monoisotopic (exact) mass is 406 g/mol. The summed E-state index contributed by atoms with van der Waals surface area (Å²) in [6.45, 7) is 0.438. The van der Waals surface area contributed by atoms with Crippen molar-refractivity contribution >= 4 is 18.4 Å². The topological polar surface area (TPSA) is 77.6 Å². The molecule has 0 aliphatic heterocycles. The Labute approximate surface area is 172 Å². The molecular weight excluding hydrogens is 388 g/mol. The Morgan fingerprint density at radius 3 is 2.76 bits per heavy atom. The molecule has 0 aliphatic carbocycles. The van der Waals surface area contributed by atoms with E-state index in [1.165, 1.54) is 4.68 Å². The van der Waals surface area contributed by atoms with Gasteiger partial charge in [0, 0.05) is 0 Å². The summed E-state index contributed by atoms with van der Waals surface area (Å²) >= 11 is 5.27. The zero-order valence-corrected chi connectivity index (χ0v) is 16.4. The fraction of sp³-hybridized carbons (Fsp3) is 0.0952. The largest absolute Gasteiger partial charge is 0.493 e. The van der Waals surface area contributed by atoms with E-state index in [0.29, 0.717) is 34.5 Å². The Bertz CT molecular complexity index is 1160. The van der Waals surface area contributed by atoms with E-state index in [-0.39, 0.29) is 0 Å². The second kappa shape index (κ2) is 8.57. The molecule has 0 unspecified atom stereocenters. The van der Waals surface area contributed by atoms with Gasteiger partial charge in [0.25, 0.3) is 0 Å². The summed E-state index contributed by atoms with van der Waals surface area (Å²) in [7, 11) is 1.61. The van der Waals surface area contributed by atoms with E-state index in [1.54, 1.807) is 31.7 Å². The van der Waals surface area contributed by atoms with Gasteiger partial charge in [-0.1, -0.05) is 30.3 Å². The average molecular weight is 406 g/mol. The molecule has 0 spiro atoms. The number of aromatic amines is 1. The molecule has 29 heavy (non-hydrogen) atoms. The van der Waals surface area contributed by atoms with E-state index in [2.05, 4.69) is 15.3 Å². The van der Waals surface area contributed by atoms with Crippen molar-refractivity contribution in [1.29, 1.82) is 0 Å². The lowest BCUT2D eigenvalue weighted by atomic mass is 10.2. The molecule has 2 heterocycles. The van der Waals surface area contributed by atoms with Crippen molar-refractivity contribution in [1.82, 2.24) is 14.9 Å². The van der Waals surface area contributed by atoms with Crippen molar-refractivity contribution in [3.8, 4) is 23.1 Å². The van der Waals surface area contributed by atoms with Crippen molar-refractivity contribution in [3.05, 3.63) is 82.8 Å². The maximum Gasteiger partial charge on any atom is 0.219 e. The first-order chi connectivity index (χ1) is 14.2. The van der Waals surface area contributed by atoms with Crippen LogP contribution in [0.25, 0.3) is 11.6 Å². The quantitative estimate of drug-likeness (QED) is 0.356. The Morgan fingerprint density at radius 2 is 2.00 bits per heavy atom. The molecule has 0 fully saturated rings. The van der Waals surface area contributed by atoms with Gasteiger partial charge in [0.2, 0.25) is 10.6 Å². The van der Waals surface area contributed by atoms with Crippen molar-refractivity contribution in [2.45, 2.75) is 6.61 Å². The highest BCUT2D eigenvalue weighted by atomic mass is 32.1. The molecule has 0 bridgehead atoms. The molecule has 2 aromatic carbocycles. The summed E-state index contributed by atoms with van der Waals surface area (Å²) in [5.41, 5.74) is 1.89. The lowest BCUT2D eigenvalue weighted by Gasteiger charge is -2.11. The number of furan rings is 1. The molecule has 4 aromatic rings. The van der Waals surface area contributed by atoms with Gasteiger partial charge in [0.15, 0.2) is 17.3 Å². The molecular formula is C21H18N4O3S. The van der Waals surface area contributed by atoms with Crippen LogP contribution in [0.4, 0.5) is 0 Å². The number of nitrogens with one attached hydrogen (secondary N) is 1. The first kappa shape index (κ1) is 18.7. The summed E-state index contributed by atoms with van der Waals surface area (Å²) < 4.78 is 18.6. The predicted molar refractivity (Wildman–Crippen MR) is 112 cm³/mol. The van der Waals surface area contributed by atoms with Gasteiger partial charge in [-0.25, -0.2) is 5.10 Å².